The number of amides is 2. The van der Waals surface area contributed by atoms with Gasteiger partial charge in [0, 0.05) is 17.8 Å². The maximum Gasteiger partial charge on any atom is 0.258 e. The summed E-state index contributed by atoms with van der Waals surface area (Å²) >= 11 is 0. The fourth-order valence-electron chi connectivity index (χ4n) is 3.46. The van der Waals surface area contributed by atoms with Gasteiger partial charge in [-0.25, -0.2) is 0 Å². The third kappa shape index (κ3) is 4.61. The Morgan fingerprint density at radius 1 is 1.09 bits per heavy atom. The van der Waals surface area contributed by atoms with E-state index < -0.39 is 17.4 Å². The van der Waals surface area contributed by atoms with Gasteiger partial charge in [0.2, 0.25) is 17.8 Å². The number of carbonyl (C=O) groups excluding carboxylic acids is 2. The van der Waals surface area contributed by atoms with Crippen molar-refractivity contribution < 1.29 is 14.3 Å². The highest BCUT2D eigenvalue weighted by atomic mass is 16.5. The molecule has 1 aliphatic heterocycles. The molecule has 2 heterocycles. The average molecular weight is 433 g/mol. The molecule has 4 rings (SSSR count). The summed E-state index contributed by atoms with van der Waals surface area (Å²) in [6.45, 7) is 4.39. The molecule has 1 aromatic heterocycles. The van der Waals surface area contributed by atoms with Crippen LogP contribution in [0.5, 0.6) is 5.75 Å². The topological polar surface area (TPSA) is 125 Å². The van der Waals surface area contributed by atoms with Crippen LogP contribution >= 0.6 is 0 Å². The molecule has 2 aromatic carbocycles. The minimum atomic E-state index is -0.963. The Balaban J connectivity index is 1.57. The predicted molar refractivity (Wildman–Crippen MR) is 122 cm³/mol. The SMILES string of the molecule is CCOc1ccc(NC(=O)[C@H]2CC(=O)Nc3nc(Nc4ccc(C)cc4)[nH]c(=O)c32)cc1. The van der Waals surface area contributed by atoms with Crippen LogP contribution in [0.2, 0.25) is 0 Å². The van der Waals surface area contributed by atoms with Crippen LogP contribution in [0.15, 0.2) is 53.3 Å². The fraction of sp³-hybridized carbons (Fsp3) is 0.217. The van der Waals surface area contributed by atoms with Crippen LogP contribution in [0, 0.1) is 6.92 Å². The molecule has 4 N–H and O–H groups in total. The highest BCUT2D eigenvalue weighted by Gasteiger charge is 2.34. The summed E-state index contributed by atoms with van der Waals surface area (Å²) in [6, 6.07) is 14.4. The van der Waals surface area contributed by atoms with Crippen molar-refractivity contribution in [3.8, 4) is 5.75 Å². The number of H-pyrrole nitrogens is 1. The van der Waals surface area contributed by atoms with E-state index >= 15 is 0 Å². The number of anilines is 4. The van der Waals surface area contributed by atoms with Crippen molar-refractivity contribution in [2.24, 2.45) is 0 Å². The van der Waals surface area contributed by atoms with Gasteiger partial charge in [0.05, 0.1) is 18.1 Å². The third-order valence-corrected chi connectivity index (χ3v) is 5.01. The summed E-state index contributed by atoms with van der Waals surface area (Å²) in [6.07, 6.45) is -0.147. The zero-order valence-electron chi connectivity index (χ0n) is 17.7. The molecule has 0 saturated carbocycles. The number of rotatable bonds is 6. The Kier molecular flexibility index (Phi) is 5.89. The number of nitrogens with zero attached hydrogens (tertiary/aromatic N) is 1. The number of benzene rings is 2. The van der Waals surface area contributed by atoms with Gasteiger partial charge >= 0.3 is 0 Å². The number of aryl methyl sites for hydroxylation is 1. The fourth-order valence-corrected chi connectivity index (χ4v) is 3.46. The molecule has 0 aliphatic carbocycles. The number of hydrogen-bond donors (Lipinski definition) is 4. The van der Waals surface area contributed by atoms with Gasteiger partial charge in [-0.15, -0.1) is 0 Å². The number of hydrogen-bond acceptors (Lipinski definition) is 6. The molecule has 3 aromatic rings. The zero-order chi connectivity index (χ0) is 22.7. The van der Waals surface area contributed by atoms with Crippen LogP contribution < -0.4 is 26.2 Å². The number of fused-ring (bicyclic) bond motifs is 1. The summed E-state index contributed by atoms with van der Waals surface area (Å²) in [5, 5.41) is 8.36. The van der Waals surface area contributed by atoms with Crippen LogP contribution in [0.1, 0.15) is 30.4 Å². The van der Waals surface area contributed by atoms with Gasteiger partial charge in [-0.2, -0.15) is 4.98 Å². The molecule has 9 heteroatoms. The van der Waals surface area contributed by atoms with E-state index in [1.807, 2.05) is 38.1 Å². The second kappa shape index (κ2) is 8.93. The van der Waals surface area contributed by atoms with Crippen LogP contribution in [0.3, 0.4) is 0 Å². The third-order valence-electron chi connectivity index (χ3n) is 5.01. The largest absolute Gasteiger partial charge is 0.494 e. The van der Waals surface area contributed by atoms with E-state index in [0.717, 1.165) is 11.3 Å². The summed E-state index contributed by atoms with van der Waals surface area (Å²) in [5.41, 5.74) is 1.99. The minimum Gasteiger partial charge on any atom is -0.494 e. The molecule has 0 fully saturated rings. The van der Waals surface area contributed by atoms with E-state index in [2.05, 4.69) is 25.9 Å². The van der Waals surface area contributed by atoms with Gasteiger partial charge in [0.25, 0.3) is 5.56 Å². The van der Waals surface area contributed by atoms with Crippen molar-refractivity contribution in [1.82, 2.24) is 9.97 Å². The summed E-state index contributed by atoms with van der Waals surface area (Å²) in [7, 11) is 0. The quantitative estimate of drug-likeness (QED) is 0.473. The molecular formula is C23H23N5O4. The van der Waals surface area contributed by atoms with Crippen LogP contribution in [0.25, 0.3) is 0 Å². The number of carbonyl (C=O) groups is 2. The highest BCUT2D eigenvalue weighted by molar-refractivity contribution is 6.04. The van der Waals surface area contributed by atoms with Gasteiger partial charge in [0.1, 0.15) is 11.6 Å². The lowest BCUT2D eigenvalue weighted by Crippen LogP contribution is -2.36. The lowest BCUT2D eigenvalue weighted by molar-refractivity contribution is -0.123. The first-order valence-corrected chi connectivity index (χ1v) is 10.2. The lowest BCUT2D eigenvalue weighted by Gasteiger charge is -2.23. The van der Waals surface area contributed by atoms with E-state index in [1.54, 1.807) is 24.3 Å². The van der Waals surface area contributed by atoms with Crippen molar-refractivity contribution in [2.75, 3.05) is 22.6 Å². The second-order valence-electron chi connectivity index (χ2n) is 7.42. The molecule has 1 aliphatic rings. The molecule has 32 heavy (non-hydrogen) atoms. The Morgan fingerprint density at radius 3 is 2.47 bits per heavy atom. The summed E-state index contributed by atoms with van der Waals surface area (Å²) < 4.78 is 5.39. The normalized spacial score (nSPS) is 14.8. The van der Waals surface area contributed by atoms with Gasteiger partial charge in [-0.3, -0.25) is 19.4 Å². The van der Waals surface area contributed by atoms with Crippen molar-refractivity contribution in [2.45, 2.75) is 26.2 Å². The monoisotopic (exact) mass is 433 g/mol. The van der Waals surface area contributed by atoms with Crippen LogP contribution in [-0.4, -0.2) is 28.4 Å². The minimum absolute atomic E-state index is 0.0754. The predicted octanol–water partition coefficient (Wildman–Crippen LogP) is 3.29. The number of aromatic nitrogens is 2. The first-order valence-electron chi connectivity index (χ1n) is 10.2. The number of ether oxygens (including phenoxy) is 1. The molecule has 0 spiro atoms. The van der Waals surface area contributed by atoms with Gasteiger partial charge in [-0.1, -0.05) is 17.7 Å². The van der Waals surface area contributed by atoms with Crippen molar-refractivity contribution in [3.63, 3.8) is 0 Å². The van der Waals surface area contributed by atoms with Crippen molar-refractivity contribution >= 4 is 35.0 Å². The van der Waals surface area contributed by atoms with Crippen LogP contribution in [0.4, 0.5) is 23.1 Å². The second-order valence-corrected chi connectivity index (χ2v) is 7.42. The van der Waals surface area contributed by atoms with Gasteiger partial charge in [-0.05, 0) is 50.2 Å². The Hall–Kier alpha value is -4.14. The van der Waals surface area contributed by atoms with E-state index in [1.165, 1.54) is 0 Å². The summed E-state index contributed by atoms with van der Waals surface area (Å²) in [5.74, 6) is -0.880. The molecule has 0 bridgehead atoms. The smallest absolute Gasteiger partial charge is 0.258 e. The Labute approximate surface area is 184 Å². The van der Waals surface area contributed by atoms with Gasteiger partial charge in [0.15, 0.2) is 0 Å². The molecule has 0 radical (unpaired) electrons. The van der Waals surface area contributed by atoms with Crippen LogP contribution in [-0.2, 0) is 9.59 Å². The molecule has 0 saturated heterocycles. The van der Waals surface area contributed by atoms with E-state index in [0.29, 0.717) is 18.0 Å². The molecular weight excluding hydrogens is 410 g/mol. The molecule has 1 atom stereocenters. The van der Waals surface area contributed by atoms with E-state index in [9.17, 15) is 14.4 Å². The average Bonchev–Trinajstić information content (AvgIpc) is 2.76. The molecule has 0 unspecified atom stereocenters. The lowest BCUT2D eigenvalue weighted by atomic mass is 9.92. The highest BCUT2D eigenvalue weighted by Crippen LogP contribution is 2.30. The number of aromatic amines is 1. The maximum absolute atomic E-state index is 12.9. The molecule has 2 amide bonds. The molecule has 164 valence electrons. The van der Waals surface area contributed by atoms with E-state index in [4.69, 9.17) is 4.74 Å². The van der Waals surface area contributed by atoms with E-state index in [-0.39, 0.29) is 29.7 Å². The van der Waals surface area contributed by atoms with Crippen molar-refractivity contribution in [1.29, 1.82) is 0 Å². The first-order chi connectivity index (χ1) is 15.4. The Bertz CT molecular complexity index is 1200. The standard InChI is InChI=1S/C23H23N5O4/c1-3-32-16-10-8-14(9-11-16)24-21(30)17-12-18(29)26-20-19(17)22(31)28-23(27-20)25-15-6-4-13(2)5-7-15/h4-11,17H,3,12H2,1-2H3,(H,24,30)(H3,25,26,27,28,29,31)/t17-/m0/s1. The Morgan fingerprint density at radius 2 is 1.78 bits per heavy atom. The summed E-state index contributed by atoms with van der Waals surface area (Å²) in [4.78, 5) is 45.0. The first kappa shape index (κ1) is 21.1. The maximum atomic E-state index is 12.9. The molecule has 9 nitrogen and oxygen atoms in total. The van der Waals surface area contributed by atoms with Crippen molar-refractivity contribution in [3.05, 3.63) is 70.0 Å². The zero-order valence-corrected chi connectivity index (χ0v) is 17.7. The van der Waals surface area contributed by atoms with Gasteiger partial charge < -0.3 is 20.7 Å². The number of nitrogens with one attached hydrogen (secondary N) is 4.